The van der Waals surface area contributed by atoms with Gasteiger partial charge in [0.2, 0.25) is 0 Å². The van der Waals surface area contributed by atoms with Gasteiger partial charge in [-0.15, -0.1) is 0 Å². The van der Waals surface area contributed by atoms with E-state index in [1.807, 2.05) is 0 Å². The van der Waals surface area contributed by atoms with Crippen molar-refractivity contribution in [1.29, 1.82) is 0 Å². The average molecular weight is 423 g/mol. The summed E-state index contributed by atoms with van der Waals surface area (Å²) in [6.07, 6.45) is 7.63. The zero-order chi connectivity index (χ0) is 20.5. The number of rotatable bonds is 4. The predicted molar refractivity (Wildman–Crippen MR) is 133 cm³/mol. The normalized spacial score (nSPS) is 25.2. The molecule has 0 amide bonds. The molecule has 0 aromatic heterocycles. The van der Waals surface area contributed by atoms with Crippen LogP contribution in [-0.2, 0) is 12.3 Å². The van der Waals surface area contributed by atoms with Gasteiger partial charge in [0.1, 0.15) is 0 Å². The van der Waals surface area contributed by atoms with E-state index in [2.05, 4.69) is 88.4 Å². The van der Waals surface area contributed by atoms with Crippen molar-refractivity contribution in [3.05, 3.63) is 71.8 Å². The highest BCUT2D eigenvalue weighted by Crippen LogP contribution is 2.58. The summed E-state index contributed by atoms with van der Waals surface area (Å²) in [6.45, 7) is 9.73. The van der Waals surface area contributed by atoms with Crippen LogP contribution in [0.2, 0.25) is 0 Å². The smallest absolute Gasteiger partial charge is 0.0932 e. The maximum Gasteiger partial charge on any atom is 0.305 e. The SMILES string of the molecule is CC1(C)CCP(Cc2ccccc2)C1=[N+]=C1P(Cc2ccccc2)CCC1(C)C. The van der Waals surface area contributed by atoms with Crippen LogP contribution in [0, 0.1) is 10.8 Å². The molecule has 2 atom stereocenters. The minimum atomic E-state index is -0.169. The summed E-state index contributed by atoms with van der Waals surface area (Å²) in [5, 5.41) is 0. The number of hydrogen-bond donors (Lipinski definition) is 0. The van der Waals surface area contributed by atoms with Crippen molar-refractivity contribution in [2.75, 3.05) is 12.3 Å². The van der Waals surface area contributed by atoms with Crippen LogP contribution in [-0.4, -0.2) is 23.2 Å². The first-order valence-electron chi connectivity index (χ1n) is 10.9. The van der Waals surface area contributed by atoms with E-state index in [4.69, 9.17) is 4.67 Å². The van der Waals surface area contributed by atoms with E-state index in [9.17, 15) is 0 Å². The van der Waals surface area contributed by atoms with Crippen molar-refractivity contribution >= 4 is 26.7 Å². The second kappa shape index (κ2) is 8.47. The van der Waals surface area contributed by atoms with Crippen molar-refractivity contribution in [3.8, 4) is 0 Å². The van der Waals surface area contributed by atoms with Gasteiger partial charge in [-0.2, -0.15) is 0 Å². The van der Waals surface area contributed by atoms with Gasteiger partial charge in [0.25, 0.3) is 0 Å². The van der Waals surface area contributed by atoms with E-state index in [-0.39, 0.29) is 26.7 Å². The lowest BCUT2D eigenvalue weighted by Gasteiger charge is -2.15. The van der Waals surface area contributed by atoms with Crippen LogP contribution >= 0.6 is 15.8 Å². The van der Waals surface area contributed by atoms with E-state index < -0.39 is 0 Å². The van der Waals surface area contributed by atoms with Crippen molar-refractivity contribution in [2.45, 2.75) is 52.9 Å². The molecule has 2 heterocycles. The molecule has 1 nitrogen and oxygen atoms in total. The summed E-state index contributed by atoms with van der Waals surface area (Å²) in [5.74, 6) is 0. The summed E-state index contributed by atoms with van der Waals surface area (Å²) in [7, 11) is -0.338. The topological polar surface area (TPSA) is 14.1 Å². The average Bonchev–Trinajstić information content (AvgIpc) is 3.14. The summed E-state index contributed by atoms with van der Waals surface area (Å²) in [6, 6.07) is 22.1. The lowest BCUT2D eigenvalue weighted by atomic mass is 9.91. The van der Waals surface area contributed by atoms with Crippen LogP contribution < -0.4 is 4.67 Å². The molecule has 0 aliphatic carbocycles. The fraction of sp³-hybridized carbons (Fsp3) is 0.462. The van der Waals surface area contributed by atoms with Crippen molar-refractivity contribution < 1.29 is 0 Å². The third kappa shape index (κ3) is 4.75. The Balaban J connectivity index is 1.72. The van der Waals surface area contributed by atoms with Crippen LogP contribution in [0.15, 0.2) is 60.7 Å². The van der Waals surface area contributed by atoms with Crippen LogP contribution in [0.3, 0.4) is 0 Å². The fourth-order valence-corrected chi connectivity index (χ4v) is 11.1. The van der Waals surface area contributed by atoms with E-state index in [1.54, 1.807) is 10.9 Å². The maximum atomic E-state index is 5.63. The third-order valence-corrected chi connectivity index (χ3v) is 12.1. The zero-order valence-corrected chi connectivity index (χ0v) is 20.1. The Morgan fingerprint density at radius 1 is 0.655 bits per heavy atom. The van der Waals surface area contributed by atoms with Crippen LogP contribution in [0.5, 0.6) is 0 Å². The molecular formula is C26H34NP2+. The summed E-state index contributed by atoms with van der Waals surface area (Å²) >= 11 is 0. The molecule has 2 aliphatic heterocycles. The molecule has 3 heteroatoms. The maximum absolute atomic E-state index is 5.63. The van der Waals surface area contributed by atoms with Crippen LogP contribution in [0.4, 0.5) is 0 Å². The molecule has 0 spiro atoms. The summed E-state index contributed by atoms with van der Waals surface area (Å²) in [5.41, 5.74) is 6.54. The van der Waals surface area contributed by atoms with Gasteiger partial charge in [0.15, 0.2) is 0 Å². The highest BCUT2D eigenvalue weighted by molar-refractivity contribution is 7.76. The van der Waals surface area contributed by atoms with Gasteiger partial charge >= 0.3 is 10.9 Å². The van der Waals surface area contributed by atoms with Gasteiger partial charge in [0.05, 0.1) is 10.8 Å². The molecule has 0 radical (unpaired) electrons. The molecule has 2 saturated heterocycles. The molecular weight excluding hydrogens is 388 g/mol. The van der Waals surface area contributed by atoms with Crippen molar-refractivity contribution in [3.63, 3.8) is 0 Å². The minimum absolute atomic E-state index is 0.169. The van der Waals surface area contributed by atoms with Crippen LogP contribution in [0.25, 0.3) is 0 Å². The zero-order valence-electron chi connectivity index (χ0n) is 18.4. The van der Waals surface area contributed by atoms with Gasteiger partial charge in [0, 0.05) is 28.2 Å². The van der Waals surface area contributed by atoms with Crippen molar-refractivity contribution in [2.24, 2.45) is 10.8 Å². The molecule has 2 aromatic carbocycles. The number of nitrogens with zero attached hydrogens (tertiary/aromatic N) is 1. The Kier molecular flexibility index (Phi) is 6.14. The standard InChI is InChI=1S/C26H34NP2/c1-25(2)15-17-28(19-21-11-7-5-8-12-21)23(25)27-24-26(3,4)16-18-29(24)20-22-13-9-6-10-14-22/h5-14H,15-20H2,1-4H3/q+1. The largest absolute Gasteiger partial charge is 0.305 e. The molecule has 29 heavy (non-hydrogen) atoms. The summed E-state index contributed by atoms with van der Waals surface area (Å²) in [4.78, 5) is 0. The van der Waals surface area contributed by atoms with E-state index >= 15 is 0 Å². The fourth-order valence-electron chi connectivity index (χ4n) is 4.58. The Labute approximate surface area is 179 Å². The molecule has 2 unspecified atom stereocenters. The van der Waals surface area contributed by atoms with Gasteiger partial charge in [-0.3, -0.25) is 0 Å². The van der Waals surface area contributed by atoms with E-state index in [0.29, 0.717) is 0 Å². The van der Waals surface area contributed by atoms with Gasteiger partial charge < -0.3 is 0 Å². The quantitative estimate of drug-likeness (QED) is 0.369. The Morgan fingerprint density at radius 3 is 1.41 bits per heavy atom. The Bertz CT molecular complexity index is 835. The van der Waals surface area contributed by atoms with Crippen LogP contribution in [0.1, 0.15) is 51.7 Å². The first kappa shape index (κ1) is 21.0. The second-order valence-corrected chi connectivity index (χ2v) is 14.4. The van der Waals surface area contributed by atoms with Crippen molar-refractivity contribution in [1.82, 2.24) is 4.67 Å². The first-order valence-corrected chi connectivity index (χ1v) is 14.3. The Hall–Kier alpha value is -1.25. The second-order valence-electron chi connectivity index (χ2n) is 9.84. The molecule has 4 rings (SSSR count). The molecule has 2 aromatic rings. The molecule has 2 aliphatic rings. The van der Waals surface area contributed by atoms with E-state index in [0.717, 1.165) is 0 Å². The molecule has 0 N–H and O–H groups in total. The summed E-state index contributed by atoms with van der Waals surface area (Å²) < 4.78 is 5.63. The first-order chi connectivity index (χ1) is 13.9. The Morgan fingerprint density at radius 2 is 1.03 bits per heavy atom. The number of hydrogen-bond acceptors (Lipinski definition) is 0. The van der Waals surface area contributed by atoms with Gasteiger partial charge in [-0.1, -0.05) is 65.3 Å². The number of benzene rings is 2. The highest BCUT2D eigenvalue weighted by atomic mass is 31.1. The highest BCUT2D eigenvalue weighted by Gasteiger charge is 2.50. The predicted octanol–water partition coefficient (Wildman–Crippen LogP) is 7.07. The van der Waals surface area contributed by atoms with Gasteiger partial charge in [-0.25, -0.2) is 0 Å². The lowest BCUT2D eigenvalue weighted by molar-refractivity contribution is 0.519. The lowest BCUT2D eigenvalue weighted by Crippen LogP contribution is -2.25. The third-order valence-electron chi connectivity index (χ3n) is 6.47. The van der Waals surface area contributed by atoms with Gasteiger partial charge in [-0.05, 0) is 64.0 Å². The molecule has 0 bridgehead atoms. The van der Waals surface area contributed by atoms with E-state index in [1.165, 1.54) is 48.6 Å². The monoisotopic (exact) mass is 422 g/mol. The molecule has 0 saturated carbocycles. The minimum Gasteiger partial charge on any atom is -0.0932 e. The molecule has 152 valence electrons. The molecule has 2 fully saturated rings.